The molecule has 4 rings (SSSR count). The summed E-state index contributed by atoms with van der Waals surface area (Å²) in [5.41, 5.74) is 0.537. The highest BCUT2D eigenvalue weighted by atomic mass is 35.5. The number of amides is 2. The molecule has 0 spiro atoms. The highest BCUT2D eigenvalue weighted by Crippen LogP contribution is 2.27. The molecular formula is C29H30Cl2N4O5S. The lowest BCUT2D eigenvalue weighted by Gasteiger charge is -2.22. The van der Waals surface area contributed by atoms with Crippen LogP contribution in [0, 0.1) is 5.92 Å². The summed E-state index contributed by atoms with van der Waals surface area (Å²) in [5, 5.41) is 9.18. The number of hydrogen-bond acceptors (Lipinski definition) is 6. The van der Waals surface area contributed by atoms with E-state index in [4.69, 9.17) is 23.2 Å². The van der Waals surface area contributed by atoms with Crippen molar-refractivity contribution in [1.82, 2.24) is 16.0 Å². The van der Waals surface area contributed by atoms with Gasteiger partial charge in [-0.15, -0.1) is 0 Å². The second kappa shape index (κ2) is 14.0. The van der Waals surface area contributed by atoms with Gasteiger partial charge >= 0.3 is 0 Å². The minimum absolute atomic E-state index is 0.0662. The first-order chi connectivity index (χ1) is 19.6. The Morgan fingerprint density at radius 3 is 2.29 bits per heavy atom. The molecule has 0 saturated carbocycles. The van der Waals surface area contributed by atoms with Crippen molar-refractivity contribution in [1.29, 1.82) is 0 Å². The number of ketones is 1. The molecule has 0 aromatic heterocycles. The lowest BCUT2D eigenvalue weighted by molar-refractivity contribution is -0.120. The van der Waals surface area contributed by atoms with Crippen LogP contribution < -0.4 is 20.7 Å². The maximum absolute atomic E-state index is 13.1. The van der Waals surface area contributed by atoms with Crippen LogP contribution in [0.2, 0.25) is 10.0 Å². The predicted octanol–water partition coefficient (Wildman–Crippen LogP) is 4.26. The Morgan fingerprint density at radius 2 is 1.59 bits per heavy atom. The molecule has 0 bridgehead atoms. The summed E-state index contributed by atoms with van der Waals surface area (Å²) >= 11 is 12.1. The van der Waals surface area contributed by atoms with Crippen LogP contribution in [-0.2, 0) is 14.8 Å². The number of hydrogen-bond donors (Lipinski definition) is 4. The molecule has 0 radical (unpaired) electrons. The number of carbonyl (C=O) groups is 3. The normalized spacial score (nSPS) is 13.8. The molecule has 1 heterocycles. The van der Waals surface area contributed by atoms with Crippen LogP contribution in [0.3, 0.4) is 0 Å². The summed E-state index contributed by atoms with van der Waals surface area (Å²) < 4.78 is 28.7. The molecule has 1 aliphatic heterocycles. The molecule has 0 atom stereocenters. The number of rotatable bonds is 11. The van der Waals surface area contributed by atoms with Crippen LogP contribution in [-0.4, -0.2) is 52.2 Å². The van der Waals surface area contributed by atoms with Crippen LogP contribution in [0.4, 0.5) is 5.69 Å². The Balaban J connectivity index is 1.35. The van der Waals surface area contributed by atoms with E-state index in [1.165, 1.54) is 54.6 Å². The molecule has 216 valence electrons. The first-order valence-electron chi connectivity index (χ1n) is 13.1. The van der Waals surface area contributed by atoms with Gasteiger partial charge < -0.3 is 16.0 Å². The average molecular weight is 618 g/mol. The number of carbonyl (C=O) groups excluding carboxylic acids is 3. The van der Waals surface area contributed by atoms with Crippen molar-refractivity contribution in [3.05, 3.63) is 93.5 Å². The summed E-state index contributed by atoms with van der Waals surface area (Å²) in [7, 11) is -4.11. The zero-order chi connectivity index (χ0) is 29.4. The van der Waals surface area contributed by atoms with Crippen molar-refractivity contribution in [2.24, 2.45) is 5.92 Å². The SMILES string of the molecule is O=C(CNC(=O)c1ccc(S(=O)(=O)Nc2ccccc2C(=O)c2ccc(Cl)cc2Cl)cc1)NCCC1CCNCC1. The highest BCUT2D eigenvalue weighted by Gasteiger charge is 2.21. The molecule has 4 N–H and O–H groups in total. The van der Waals surface area contributed by atoms with Crippen molar-refractivity contribution in [3.8, 4) is 0 Å². The minimum Gasteiger partial charge on any atom is -0.355 e. The topological polar surface area (TPSA) is 133 Å². The van der Waals surface area contributed by atoms with E-state index in [0.29, 0.717) is 17.5 Å². The molecule has 0 aliphatic carbocycles. The van der Waals surface area contributed by atoms with Gasteiger partial charge in [-0.1, -0.05) is 35.3 Å². The zero-order valence-corrected chi connectivity index (χ0v) is 24.4. The smallest absolute Gasteiger partial charge is 0.261 e. The van der Waals surface area contributed by atoms with E-state index in [-0.39, 0.29) is 44.7 Å². The van der Waals surface area contributed by atoms with Gasteiger partial charge in [-0.25, -0.2) is 8.42 Å². The Kier molecular flexibility index (Phi) is 10.4. The van der Waals surface area contributed by atoms with Gasteiger partial charge in [0.1, 0.15) is 0 Å². The van der Waals surface area contributed by atoms with Gasteiger partial charge in [0.05, 0.1) is 22.2 Å². The third-order valence-electron chi connectivity index (χ3n) is 6.76. The number of piperidine rings is 1. The first kappa shape index (κ1) is 30.5. The van der Waals surface area contributed by atoms with Crippen LogP contribution in [0.15, 0.2) is 71.6 Å². The van der Waals surface area contributed by atoms with Crippen LogP contribution in [0.25, 0.3) is 0 Å². The van der Waals surface area contributed by atoms with Crippen molar-refractivity contribution < 1.29 is 22.8 Å². The lowest BCUT2D eigenvalue weighted by atomic mass is 9.95. The van der Waals surface area contributed by atoms with E-state index in [2.05, 4.69) is 20.7 Å². The van der Waals surface area contributed by atoms with Crippen molar-refractivity contribution in [3.63, 3.8) is 0 Å². The molecule has 12 heteroatoms. The fraction of sp³-hybridized carbons (Fsp3) is 0.276. The molecule has 1 fully saturated rings. The number of anilines is 1. The Hall–Kier alpha value is -3.44. The van der Waals surface area contributed by atoms with E-state index < -0.39 is 21.7 Å². The van der Waals surface area contributed by atoms with Gasteiger partial charge in [-0.3, -0.25) is 19.1 Å². The number of sulfonamides is 1. The zero-order valence-electron chi connectivity index (χ0n) is 22.1. The average Bonchev–Trinajstić information content (AvgIpc) is 2.96. The number of halogens is 2. The molecule has 1 saturated heterocycles. The monoisotopic (exact) mass is 616 g/mol. The maximum Gasteiger partial charge on any atom is 0.261 e. The van der Waals surface area contributed by atoms with Crippen molar-refractivity contribution in [2.45, 2.75) is 24.2 Å². The van der Waals surface area contributed by atoms with Gasteiger partial charge in [-0.2, -0.15) is 0 Å². The summed E-state index contributed by atoms with van der Waals surface area (Å²) in [6.45, 7) is 2.37. The van der Waals surface area contributed by atoms with Crippen molar-refractivity contribution in [2.75, 3.05) is 30.9 Å². The van der Waals surface area contributed by atoms with Gasteiger partial charge in [0.15, 0.2) is 5.78 Å². The molecule has 3 aromatic carbocycles. The standard InChI is InChI=1S/C29H30Cl2N4O5S/c30-21-7-10-23(25(31)17-21)28(37)24-3-1-2-4-26(24)35-41(39,40)22-8-5-20(6-9-22)29(38)34-18-27(36)33-16-13-19-11-14-32-15-12-19/h1-10,17,19,32,35H,11-16,18H2,(H,33,36)(H,34,38). The number of nitrogens with one attached hydrogen (secondary N) is 4. The van der Waals surface area contributed by atoms with Crippen molar-refractivity contribution >= 4 is 56.5 Å². The van der Waals surface area contributed by atoms with E-state index in [9.17, 15) is 22.8 Å². The van der Waals surface area contributed by atoms with Gasteiger partial charge in [0, 0.05) is 28.3 Å². The Bertz CT molecular complexity index is 1520. The molecule has 2 amide bonds. The minimum atomic E-state index is -4.11. The predicted molar refractivity (Wildman–Crippen MR) is 159 cm³/mol. The molecule has 3 aromatic rings. The van der Waals surface area contributed by atoms with Gasteiger partial charge in [0.25, 0.3) is 15.9 Å². The second-order valence-corrected chi connectivity index (χ2v) is 12.2. The quantitative estimate of drug-likeness (QED) is 0.238. The largest absolute Gasteiger partial charge is 0.355 e. The van der Waals surface area contributed by atoms with E-state index >= 15 is 0 Å². The third kappa shape index (κ3) is 8.29. The maximum atomic E-state index is 13.1. The highest BCUT2D eigenvalue weighted by molar-refractivity contribution is 7.92. The summed E-state index contributed by atoms with van der Waals surface area (Å²) in [6.07, 6.45) is 3.09. The molecule has 0 unspecified atom stereocenters. The lowest BCUT2D eigenvalue weighted by Crippen LogP contribution is -2.38. The first-order valence-corrected chi connectivity index (χ1v) is 15.4. The van der Waals surface area contributed by atoms with Crippen LogP contribution in [0.1, 0.15) is 45.5 Å². The van der Waals surface area contributed by atoms with E-state index in [1.54, 1.807) is 12.1 Å². The number of para-hydroxylation sites is 1. The third-order valence-corrected chi connectivity index (χ3v) is 8.69. The second-order valence-electron chi connectivity index (χ2n) is 9.64. The summed E-state index contributed by atoms with van der Waals surface area (Å²) in [4.78, 5) is 37.7. The van der Waals surface area contributed by atoms with Gasteiger partial charge in [0.2, 0.25) is 5.91 Å². The van der Waals surface area contributed by atoms with Gasteiger partial charge in [-0.05, 0) is 92.9 Å². The molecule has 1 aliphatic rings. The molecular weight excluding hydrogens is 587 g/mol. The van der Waals surface area contributed by atoms with Crippen LogP contribution >= 0.6 is 23.2 Å². The summed E-state index contributed by atoms with van der Waals surface area (Å²) in [5.74, 6) is -0.686. The van der Waals surface area contributed by atoms with E-state index in [1.807, 2.05) is 0 Å². The van der Waals surface area contributed by atoms with E-state index in [0.717, 1.165) is 32.4 Å². The Labute approximate surface area is 249 Å². The Morgan fingerprint density at radius 1 is 0.878 bits per heavy atom. The fourth-order valence-corrected chi connectivity index (χ4v) is 6.06. The number of benzene rings is 3. The van der Waals surface area contributed by atoms with Crippen LogP contribution in [0.5, 0.6) is 0 Å². The fourth-order valence-electron chi connectivity index (χ4n) is 4.49. The summed E-state index contributed by atoms with van der Waals surface area (Å²) in [6, 6.07) is 15.8. The molecule has 41 heavy (non-hydrogen) atoms. The molecule has 9 nitrogen and oxygen atoms in total.